The van der Waals surface area contributed by atoms with E-state index in [1.165, 1.54) is 5.56 Å². The molecule has 43 heavy (non-hydrogen) atoms. The zero-order valence-electron chi connectivity index (χ0n) is 24.4. The molecule has 0 bridgehead atoms. The van der Waals surface area contributed by atoms with Crippen molar-refractivity contribution in [3.63, 3.8) is 0 Å². The van der Waals surface area contributed by atoms with E-state index < -0.39 is 11.9 Å². The number of hydrogen-bond acceptors (Lipinski definition) is 8. The third-order valence-corrected chi connectivity index (χ3v) is 9.30. The first-order chi connectivity index (χ1) is 20.8. The standard InChI is InChI=1S/C33H37N5O5/c1-20-12-24(19-39)37(15-20)30-8-3-22-13-21(2-6-28(22)34-30)16-36-11-10-26(18-36)43-25-4-5-27-23(14-25)17-38(33(27)42)29-7-9-31(40)35-32(29)41/h2-6,8,13-14,20,24,26,29,39H,7,9-12,15-19H2,1H3,(H,35,40,41)/t20-,24+,26-,29?/m0/s1. The van der Waals surface area contributed by atoms with Gasteiger partial charge in [0.05, 0.1) is 18.2 Å². The van der Waals surface area contributed by atoms with Crippen LogP contribution in [0, 0.1) is 5.92 Å². The number of anilines is 1. The van der Waals surface area contributed by atoms with Crippen LogP contribution in [0.3, 0.4) is 0 Å². The van der Waals surface area contributed by atoms with Crippen LogP contribution in [0.4, 0.5) is 5.82 Å². The van der Waals surface area contributed by atoms with Gasteiger partial charge in [0.25, 0.3) is 5.91 Å². The number of rotatable bonds is 7. The Bertz CT molecular complexity index is 1590. The summed E-state index contributed by atoms with van der Waals surface area (Å²) in [4.78, 5) is 48.0. The van der Waals surface area contributed by atoms with E-state index >= 15 is 0 Å². The number of aromatic nitrogens is 1. The summed E-state index contributed by atoms with van der Waals surface area (Å²) in [7, 11) is 0. The number of ether oxygens (including phenoxy) is 1. The summed E-state index contributed by atoms with van der Waals surface area (Å²) in [6, 6.07) is 15.7. The molecule has 224 valence electrons. The fourth-order valence-corrected chi connectivity index (χ4v) is 7.14. The predicted octanol–water partition coefficient (Wildman–Crippen LogP) is 2.86. The van der Waals surface area contributed by atoms with Crippen LogP contribution in [0.15, 0.2) is 48.5 Å². The number of carbonyl (C=O) groups is 3. The molecule has 10 heteroatoms. The van der Waals surface area contributed by atoms with Crippen LogP contribution in [-0.4, -0.2) is 82.0 Å². The minimum atomic E-state index is -0.620. The van der Waals surface area contributed by atoms with Crippen molar-refractivity contribution in [2.24, 2.45) is 5.92 Å². The number of likely N-dealkylation sites (tertiary alicyclic amines) is 1. The quantitative estimate of drug-likeness (QED) is 0.408. The van der Waals surface area contributed by atoms with Crippen molar-refractivity contribution >= 4 is 34.4 Å². The Morgan fingerprint density at radius 2 is 1.91 bits per heavy atom. The number of pyridine rings is 1. The molecule has 2 N–H and O–H groups in total. The number of aliphatic hydroxyl groups excluding tert-OH is 1. The summed E-state index contributed by atoms with van der Waals surface area (Å²) < 4.78 is 6.35. The molecule has 7 rings (SSSR count). The molecule has 1 aromatic heterocycles. The second-order valence-corrected chi connectivity index (χ2v) is 12.5. The zero-order chi connectivity index (χ0) is 29.7. The van der Waals surface area contributed by atoms with Gasteiger partial charge in [0.1, 0.15) is 23.7 Å². The Morgan fingerprint density at radius 1 is 1.02 bits per heavy atom. The van der Waals surface area contributed by atoms with Gasteiger partial charge in [-0.3, -0.25) is 24.6 Å². The average molecular weight is 584 g/mol. The highest BCUT2D eigenvalue weighted by Gasteiger charge is 2.39. The van der Waals surface area contributed by atoms with Crippen molar-refractivity contribution in [3.8, 4) is 5.75 Å². The van der Waals surface area contributed by atoms with Crippen LogP contribution >= 0.6 is 0 Å². The Balaban J connectivity index is 0.962. The van der Waals surface area contributed by atoms with E-state index in [-0.39, 0.29) is 37.0 Å². The van der Waals surface area contributed by atoms with Crippen molar-refractivity contribution < 1.29 is 24.2 Å². The number of hydrogen-bond donors (Lipinski definition) is 2. The normalized spacial score (nSPS) is 26.0. The van der Waals surface area contributed by atoms with Gasteiger partial charge in [0.15, 0.2) is 0 Å². The Kier molecular flexibility index (Phi) is 7.26. The summed E-state index contributed by atoms with van der Waals surface area (Å²) in [5.41, 5.74) is 3.63. The fraction of sp³-hybridized carbons (Fsp3) is 0.455. The van der Waals surface area contributed by atoms with Gasteiger partial charge in [-0.1, -0.05) is 13.0 Å². The van der Waals surface area contributed by atoms with Gasteiger partial charge in [-0.15, -0.1) is 0 Å². The molecule has 4 atom stereocenters. The van der Waals surface area contributed by atoms with Crippen LogP contribution in [0.25, 0.3) is 10.9 Å². The molecule has 4 aliphatic heterocycles. The van der Waals surface area contributed by atoms with E-state index in [0.29, 0.717) is 24.4 Å². The zero-order valence-corrected chi connectivity index (χ0v) is 24.4. The highest BCUT2D eigenvalue weighted by molar-refractivity contribution is 6.05. The highest BCUT2D eigenvalue weighted by atomic mass is 16.5. The van der Waals surface area contributed by atoms with Gasteiger partial charge >= 0.3 is 0 Å². The number of carbonyl (C=O) groups excluding carboxylic acids is 3. The first-order valence-corrected chi connectivity index (χ1v) is 15.3. The maximum Gasteiger partial charge on any atom is 0.255 e. The van der Waals surface area contributed by atoms with Gasteiger partial charge in [0.2, 0.25) is 11.8 Å². The summed E-state index contributed by atoms with van der Waals surface area (Å²) in [5, 5.41) is 13.3. The van der Waals surface area contributed by atoms with E-state index in [9.17, 15) is 19.5 Å². The number of imide groups is 1. The Morgan fingerprint density at radius 3 is 2.74 bits per heavy atom. The summed E-state index contributed by atoms with van der Waals surface area (Å²) >= 11 is 0. The lowest BCUT2D eigenvalue weighted by atomic mass is 10.0. The van der Waals surface area contributed by atoms with E-state index in [1.807, 2.05) is 12.1 Å². The van der Waals surface area contributed by atoms with Gasteiger partial charge in [0, 0.05) is 50.1 Å². The third kappa shape index (κ3) is 5.45. The number of amides is 3. The lowest BCUT2D eigenvalue weighted by Gasteiger charge is -2.29. The highest BCUT2D eigenvalue weighted by Crippen LogP contribution is 2.32. The second kappa shape index (κ2) is 11.2. The van der Waals surface area contributed by atoms with E-state index in [1.54, 1.807) is 11.0 Å². The number of aliphatic hydroxyl groups is 1. The number of nitrogens with one attached hydrogen (secondary N) is 1. The maximum absolute atomic E-state index is 13.0. The molecule has 3 amide bonds. The molecule has 0 spiro atoms. The lowest BCUT2D eigenvalue weighted by Crippen LogP contribution is -2.52. The van der Waals surface area contributed by atoms with Gasteiger partial charge in [-0.2, -0.15) is 0 Å². The van der Waals surface area contributed by atoms with E-state index in [2.05, 4.69) is 52.4 Å². The molecule has 1 unspecified atom stereocenters. The monoisotopic (exact) mass is 583 g/mol. The molecule has 2 aromatic carbocycles. The number of nitrogens with zero attached hydrogens (tertiary/aromatic N) is 4. The summed E-state index contributed by atoms with van der Waals surface area (Å²) in [6.45, 7) is 6.20. The molecule has 4 aliphatic rings. The maximum atomic E-state index is 13.0. The predicted molar refractivity (Wildman–Crippen MR) is 161 cm³/mol. The molecule has 10 nitrogen and oxygen atoms in total. The molecule has 0 radical (unpaired) electrons. The van der Waals surface area contributed by atoms with E-state index in [0.717, 1.165) is 67.1 Å². The Labute approximate surface area is 250 Å². The minimum absolute atomic E-state index is 0.0494. The van der Waals surface area contributed by atoms with Crippen molar-refractivity contribution in [1.82, 2.24) is 20.1 Å². The molecule has 3 fully saturated rings. The SMILES string of the molecule is C[C@H]1C[C@H](CO)N(c2ccc3cc(CN4CC[C@H](Oc5ccc6c(c5)CN(C5CCC(=O)NC5=O)C6=O)C4)ccc3n2)C1. The van der Waals surface area contributed by atoms with Crippen molar-refractivity contribution in [1.29, 1.82) is 0 Å². The molecular weight excluding hydrogens is 546 g/mol. The molecular formula is C33H37N5O5. The fourth-order valence-electron chi connectivity index (χ4n) is 7.14. The first kappa shape index (κ1) is 27.8. The summed E-state index contributed by atoms with van der Waals surface area (Å²) in [6.07, 6.45) is 2.55. The second-order valence-electron chi connectivity index (χ2n) is 12.5. The number of benzene rings is 2. The third-order valence-electron chi connectivity index (χ3n) is 9.30. The topological polar surface area (TPSA) is 115 Å². The Hall–Kier alpha value is -4.02. The van der Waals surface area contributed by atoms with Crippen LogP contribution < -0.4 is 15.0 Å². The van der Waals surface area contributed by atoms with E-state index in [4.69, 9.17) is 9.72 Å². The molecule has 3 saturated heterocycles. The van der Waals surface area contributed by atoms with Crippen molar-refractivity contribution in [2.75, 3.05) is 31.1 Å². The lowest BCUT2D eigenvalue weighted by molar-refractivity contribution is -0.136. The van der Waals surface area contributed by atoms with Crippen molar-refractivity contribution in [3.05, 3.63) is 65.2 Å². The van der Waals surface area contributed by atoms with Crippen molar-refractivity contribution in [2.45, 2.75) is 63.9 Å². The molecule has 0 saturated carbocycles. The molecule has 3 aromatic rings. The summed E-state index contributed by atoms with van der Waals surface area (Å²) in [5.74, 6) is 1.34. The van der Waals surface area contributed by atoms with Crippen LogP contribution in [-0.2, 0) is 22.7 Å². The average Bonchev–Trinajstić information content (AvgIpc) is 3.69. The molecule has 0 aliphatic carbocycles. The van der Waals surface area contributed by atoms with Gasteiger partial charge in [-0.05, 0) is 78.8 Å². The first-order valence-electron chi connectivity index (χ1n) is 15.3. The van der Waals surface area contributed by atoms with Crippen LogP contribution in [0.5, 0.6) is 5.75 Å². The number of fused-ring (bicyclic) bond motifs is 2. The van der Waals surface area contributed by atoms with Crippen LogP contribution in [0.2, 0.25) is 0 Å². The van der Waals surface area contributed by atoms with Gasteiger partial charge < -0.3 is 19.6 Å². The smallest absolute Gasteiger partial charge is 0.255 e. The largest absolute Gasteiger partial charge is 0.489 e. The molecule has 5 heterocycles. The minimum Gasteiger partial charge on any atom is -0.489 e. The van der Waals surface area contributed by atoms with Crippen LogP contribution in [0.1, 0.15) is 54.1 Å². The number of piperidine rings is 1. The van der Waals surface area contributed by atoms with Gasteiger partial charge in [-0.25, -0.2) is 4.98 Å².